The van der Waals surface area contributed by atoms with Crippen molar-refractivity contribution >= 4 is 16.5 Å². The van der Waals surface area contributed by atoms with Crippen LogP contribution in [0.25, 0.3) is 0 Å². The van der Waals surface area contributed by atoms with Crippen molar-refractivity contribution in [1.82, 2.24) is 9.78 Å². The summed E-state index contributed by atoms with van der Waals surface area (Å²) in [6, 6.07) is 5.82. The van der Waals surface area contributed by atoms with Gasteiger partial charge in [-0.05, 0) is 24.3 Å². The molecule has 0 aliphatic heterocycles. The number of rotatable bonds is 4. The van der Waals surface area contributed by atoms with Gasteiger partial charge in [0.25, 0.3) is 0 Å². The molecular formula is C12H14FN3OS. The standard InChI is InChI=1S/C12H14FN3OS/c1-16-10(4-6-15-16)5-7-18(17)12-3-2-9(13)8-11(12)14/h2-4,6,8H,5,7,14H2,1H3. The summed E-state index contributed by atoms with van der Waals surface area (Å²) in [6.07, 6.45) is 2.34. The molecular weight excluding hydrogens is 253 g/mol. The highest BCUT2D eigenvalue weighted by Crippen LogP contribution is 2.18. The highest BCUT2D eigenvalue weighted by molar-refractivity contribution is 7.85. The van der Waals surface area contributed by atoms with Crippen LogP contribution in [-0.4, -0.2) is 19.7 Å². The average Bonchev–Trinajstić information content (AvgIpc) is 2.72. The molecule has 0 radical (unpaired) electrons. The first-order chi connectivity index (χ1) is 8.58. The third-order valence-corrected chi connectivity index (χ3v) is 4.12. The number of nitrogen functional groups attached to an aromatic ring is 1. The largest absolute Gasteiger partial charge is 0.398 e. The van der Waals surface area contributed by atoms with E-state index in [2.05, 4.69) is 5.10 Å². The molecule has 0 saturated carbocycles. The van der Waals surface area contributed by atoms with Gasteiger partial charge in [-0.2, -0.15) is 5.10 Å². The monoisotopic (exact) mass is 267 g/mol. The molecule has 2 rings (SSSR count). The molecule has 1 atom stereocenters. The summed E-state index contributed by atoms with van der Waals surface area (Å²) in [5.74, 6) is 0.0231. The Kier molecular flexibility index (Phi) is 3.76. The van der Waals surface area contributed by atoms with Gasteiger partial charge in [0.05, 0.1) is 21.4 Å². The van der Waals surface area contributed by atoms with Crippen LogP contribution in [0.15, 0.2) is 35.4 Å². The van der Waals surface area contributed by atoms with E-state index in [4.69, 9.17) is 5.73 Å². The van der Waals surface area contributed by atoms with Gasteiger partial charge in [0.15, 0.2) is 0 Å². The quantitative estimate of drug-likeness (QED) is 0.854. The van der Waals surface area contributed by atoms with E-state index in [-0.39, 0.29) is 5.69 Å². The number of nitrogens with two attached hydrogens (primary N) is 1. The van der Waals surface area contributed by atoms with Gasteiger partial charge in [0.1, 0.15) is 5.82 Å². The first kappa shape index (κ1) is 12.8. The van der Waals surface area contributed by atoms with Gasteiger partial charge in [0.2, 0.25) is 0 Å². The fraction of sp³-hybridized carbons (Fsp3) is 0.250. The van der Waals surface area contributed by atoms with Crippen molar-refractivity contribution in [2.45, 2.75) is 11.3 Å². The van der Waals surface area contributed by atoms with E-state index in [0.29, 0.717) is 17.1 Å². The minimum absolute atomic E-state index is 0.235. The molecule has 1 unspecified atom stereocenters. The second-order valence-electron chi connectivity index (χ2n) is 3.93. The van der Waals surface area contributed by atoms with Crippen LogP contribution in [0, 0.1) is 5.82 Å². The molecule has 4 nitrogen and oxygen atoms in total. The zero-order valence-corrected chi connectivity index (χ0v) is 10.8. The third kappa shape index (κ3) is 2.76. The number of nitrogens with zero attached hydrogens (tertiary/aromatic N) is 2. The lowest BCUT2D eigenvalue weighted by Gasteiger charge is -2.06. The summed E-state index contributed by atoms with van der Waals surface area (Å²) in [6.45, 7) is 0. The Morgan fingerprint density at radius 1 is 1.44 bits per heavy atom. The molecule has 6 heteroatoms. The van der Waals surface area contributed by atoms with Crippen LogP contribution >= 0.6 is 0 Å². The minimum Gasteiger partial charge on any atom is -0.398 e. The van der Waals surface area contributed by atoms with Crippen molar-refractivity contribution in [2.24, 2.45) is 7.05 Å². The van der Waals surface area contributed by atoms with Crippen molar-refractivity contribution in [2.75, 3.05) is 11.5 Å². The Balaban J connectivity index is 2.06. The minimum atomic E-state index is -1.23. The average molecular weight is 267 g/mol. The lowest BCUT2D eigenvalue weighted by molar-refractivity contribution is 0.627. The molecule has 0 fully saturated rings. The van der Waals surface area contributed by atoms with E-state index >= 15 is 0 Å². The normalized spacial score (nSPS) is 12.6. The fourth-order valence-corrected chi connectivity index (χ4v) is 2.84. The number of anilines is 1. The van der Waals surface area contributed by atoms with Gasteiger partial charge in [-0.15, -0.1) is 0 Å². The van der Waals surface area contributed by atoms with Gasteiger partial charge in [-0.3, -0.25) is 8.89 Å². The lowest BCUT2D eigenvalue weighted by Crippen LogP contribution is -2.07. The number of benzene rings is 1. The maximum atomic E-state index is 12.9. The fourth-order valence-electron chi connectivity index (χ4n) is 1.68. The molecule has 0 aliphatic rings. The van der Waals surface area contributed by atoms with E-state index in [1.54, 1.807) is 10.9 Å². The smallest absolute Gasteiger partial charge is 0.125 e. The summed E-state index contributed by atoms with van der Waals surface area (Å²) in [5.41, 5.74) is 6.89. The van der Waals surface area contributed by atoms with Crippen molar-refractivity contribution in [3.05, 3.63) is 42.0 Å². The van der Waals surface area contributed by atoms with Crippen LogP contribution in [0.3, 0.4) is 0 Å². The number of aromatic nitrogens is 2. The highest BCUT2D eigenvalue weighted by atomic mass is 32.2. The van der Waals surface area contributed by atoms with Crippen LogP contribution < -0.4 is 5.73 Å². The van der Waals surface area contributed by atoms with E-state index in [0.717, 1.165) is 5.69 Å². The predicted octanol–water partition coefficient (Wildman–Crippen LogP) is 1.49. The molecule has 18 heavy (non-hydrogen) atoms. The van der Waals surface area contributed by atoms with Crippen molar-refractivity contribution in [1.29, 1.82) is 0 Å². The Morgan fingerprint density at radius 3 is 2.83 bits per heavy atom. The predicted molar refractivity (Wildman–Crippen MR) is 69.0 cm³/mol. The molecule has 0 spiro atoms. The SMILES string of the molecule is Cn1nccc1CCS(=O)c1ccc(F)cc1N. The summed E-state index contributed by atoms with van der Waals surface area (Å²) in [5, 5.41) is 4.04. The Hall–Kier alpha value is -1.69. The van der Waals surface area contributed by atoms with Gasteiger partial charge >= 0.3 is 0 Å². The van der Waals surface area contributed by atoms with Crippen LogP contribution in [-0.2, 0) is 24.3 Å². The highest BCUT2D eigenvalue weighted by Gasteiger charge is 2.10. The van der Waals surface area contributed by atoms with Crippen molar-refractivity contribution < 1.29 is 8.60 Å². The summed E-state index contributed by atoms with van der Waals surface area (Å²) < 4.78 is 26.7. The molecule has 0 aliphatic carbocycles. The first-order valence-corrected chi connectivity index (χ1v) is 6.80. The topological polar surface area (TPSA) is 60.9 Å². The van der Waals surface area contributed by atoms with Crippen molar-refractivity contribution in [3.8, 4) is 0 Å². The Bertz CT molecular complexity index is 582. The van der Waals surface area contributed by atoms with Crippen molar-refractivity contribution in [3.63, 3.8) is 0 Å². The van der Waals surface area contributed by atoms with E-state index < -0.39 is 16.6 Å². The number of aryl methyl sites for hydroxylation is 2. The molecule has 2 N–H and O–H groups in total. The van der Waals surface area contributed by atoms with E-state index in [1.165, 1.54) is 18.2 Å². The molecule has 1 aromatic carbocycles. The summed E-state index contributed by atoms with van der Waals surface area (Å²) in [4.78, 5) is 0.485. The van der Waals surface area contributed by atoms with Gasteiger partial charge in [-0.25, -0.2) is 4.39 Å². The van der Waals surface area contributed by atoms with Crippen LogP contribution in [0.1, 0.15) is 5.69 Å². The zero-order valence-electron chi connectivity index (χ0n) is 9.97. The summed E-state index contributed by atoms with van der Waals surface area (Å²) in [7, 11) is 0.609. The summed E-state index contributed by atoms with van der Waals surface area (Å²) >= 11 is 0. The molecule has 96 valence electrons. The maximum absolute atomic E-state index is 12.9. The molecule has 0 saturated heterocycles. The van der Waals surface area contributed by atoms with Crippen LogP contribution in [0.5, 0.6) is 0 Å². The Labute approximate surface area is 107 Å². The maximum Gasteiger partial charge on any atom is 0.125 e. The second-order valence-corrected chi connectivity index (χ2v) is 5.47. The van der Waals surface area contributed by atoms with Gasteiger partial charge in [0, 0.05) is 31.1 Å². The number of hydrogen-bond acceptors (Lipinski definition) is 3. The first-order valence-electron chi connectivity index (χ1n) is 5.48. The zero-order chi connectivity index (χ0) is 13.1. The number of halogens is 1. The van der Waals surface area contributed by atoms with Gasteiger partial charge < -0.3 is 5.73 Å². The molecule has 2 aromatic rings. The molecule has 0 amide bonds. The molecule has 1 aromatic heterocycles. The molecule has 1 heterocycles. The van der Waals surface area contributed by atoms with Crippen LogP contribution in [0.2, 0.25) is 0 Å². The second kappa shape index (κ2) is 5.30. The lowest BCUT2D eigenvalue weighted by atomic mass is 10.3. The number of hydrogen-bond donors (Lipinski definition) is 1. The van der Waals surface area contributed by atoms with Crippen LogP contribution in [0.4, 0.5) is 10.1 Å². The van der Waals surface area contributed by atoms with E-state index in [9.17, 15) is 8.60 Å². The molecule has 0 bridgehead atoms. The Morgan fingerprint density at radius 2 is 2.22 bits per heavy atom. The van der Waals surface area contributed by atoms with E-state index in [1.807, 2.05) is 13.1 Å². The van der Waals surface area contributed by atoms with Gasteiger partial charge in [-0.1, -0.05) is 0 Å². The third-order valence-electron chi connectivity index (χ3n) is 2.68.